The highest BCUT2D eigenvalue weighted by Crippen LogP contribution is 2.22. The lowest BCUT2D eigenvalue weighted by molar-refractivity contribution is 0.0940. The summed E-state index contributed by atoms with van der Waals surface area (Å²) in [6, 6.07) is 17.0. The molecule has 0 aromatic heterocycles. The maximum absolute atomic E-state index is 12.3. The number of benzene rings is 2. The fraction of sp³-hybridized carbons (Fsp3) is 0.435. The van der Waals surface area contributed by atoms with Gasteiger partial charge < -0.3 is 10.6 Å². The second-order valence-electron chi connectivity index (χ2n) is 7.77. The van der Waals surface area contributed by atoms with Crippen molar-refractivity contribution in [2.75, 3.05) is 26.2 Å². The van der Waals surface area contributed by atoms with Gasteiger partial charge in [0.2, 0.25) is 0 Å². The quantitative estimate of drug-likeness (QED) is 0.855. The molecule has 142 valence electrons. The van der Waals surface area contributed by atoms with E-state index in [9.17, 15) is 4.79 Å². The van der Waals surface area contributed by atoms with Crippen molar-refractivity contribution in [1.29, 1.82) is 0 Å². The molecule has 4 heteroatoms. The summed E-state index contributed by atoms with van der Waals surface area (Å²) in [5.41, 5.74) is 4.46. The Morgan fingerprint density at radius 2 is 1.63 bits per heavy atom. The Kier molecular flexibility index (Phi) is 5.85. The molecule has 0 radical (unpaired) electrons. The molecular formula is C23H29N3O. The number of hydrogen-bond donors (Lipinski definition) is 2. The number of nitrogens with zero attached hydrogens (tertiary/aromatic N) is 1. The molecule has 2 aliphatic heterocycles. The average Bonchev–Trinajstić information content (AvgIpc) is 3.22. The summed E-state index contributed by atoms with van der Waals surface area (Å²) in [6.45, 7) is 5.35. The fourth-order valence-corrected chi connectivity index (χ4v) is 4.04. The van der Waals surface area contributed by atoms with Gasteiger partial charge in [0.15, 0.2) is 0 Å². The molecule has 2 N–H and O–H groups in total. The van der Waals surface area contributed by atoms with Crippen LogP contribution < -0.4 is 10.6 Å². The van der Waals surface area contributed by atoms with Gasteiger partial charge in [-0.25, -0.2) is 0 Å². The Morgan fingerprint density at radius 3 is 2.26 bits per heavy atom. The summed E-state index contributed by atoms with van der Waals surface area (Å²) < 4.78 is 0. The molecule has 2 aromatic rings. The van der Waals surface area contributed by atoms with Crippen molar-refractivity contribution in [2.24, 2.45) is 0 Å². The minimum Gasteiger partial charge on any atom is -0.348 e. The van der Waals surface area contributed by atoms with Crippen LogP contribution in [0.3, 0.4) is 0 Å². The Morgan fingerprint density at radius 1 is 0.963 bits per heavy atom. The zero-order valence-corrected chi connectivity index (χ0v) is 15.9. The minimum absolute atomic E-state index is 0.0205. The van der Waals surface area contributed by atoms with Gasteiger partial charge in [-0.05, 0) is 67.7 Å². The van der Waals surface area contributed by atoms with E-state index < -0.39 is 0 Å². The van der Waals surface area contributed by atoms with E-state index in [2.05, 4.69) is 39.8 Å². The van der Waals surface area contributed by atoms with Crippen molar-refractivity contribution < 1.29 is 4.79 Å². The molecule has 0 saturated carbocycles. The highest BCUT2D eigenvalue weighted by Gasteiger charge is 2.17. The van der Waals surface area contributed by atoms with Gasteiger partial charge in [-0.3, -0.25) is 9.69 Å². The first-order valence-electron chi connectivity index (χ1n) is 10.2. The van der Waals surface area contributed by atoms with Crippen LogP contribution in [-0.2, 0) is 6.54 Å². The smallest absolute Gasteiger partial charge is 0.251 e. The molecule has 0 aliphatic carbocycles. The van der Waals surface area contributed by atoms with Gasteiger partial charge in [0.1, 0.15) is 0 Å². The van der Waals surface area contributed by atoms with E-state index in [1.165, 1.54) is 43.5 Å². The summed E-state index contributed by atoms with van der Waals surface area (Å²) in [5.74, 6) is 0.0205. The lowest BCUT2D eigenvalue weighted by atomic mass is 10.0. The summed E-state index contributed by atoms with van der Waals surface area (Å²) >= 11 is 0. The number of amides is 1. The van der Waals surface area contributed by atoms with E-state index in [1.54, 1.807) is 0 Å². The van der Waals surface area contributed by atoms with E-state index in [1.807, 2.05) is 24.3 Å². The predicted molar refractivity (Wildman–Crippen MR) is 110 cm³/mol. The first kappa shape index (κ1) is 18.2. The van der Waals surface area contributed by atoms with E-state index in [0.717, 1.165) is 37.2 Å². The third-order valence-corrected chi connectivity index (χ3v) is 5.68. The Bertz CT molecular complexity index is 742. The molecule has 2 heterocycles. The van der Waals surface area contributed by atoms with Crippen molar-refractivity contribution in [1.82, 2.24) is 15.5 Å². The van der Waals surface area contributed by atoms with Crippen LogP contribution >= 0.6 is 0 Å². The van der Waals surface area contributed by atoms with Crippen molar-refractivity contribution in [3.8, 4) is 11.1 Å². The van der Waals surface area contributed by atoms with Gasteiger partial charge >= 0.3 is 0 Å². The summed E-state index contributed by atoms with van der Waals surface area (Å²) in [6.07, 6.45) is 5.04. The molecule has 4 nitrogen and oxygen atoms in total. The summed E-state index contributed by atoms with van der Waals surface area (Å²) in [5, 5.41) is 6.37. The number of hydrogen-bond acceptors (Lipinski definition) is 3. The van der Waals surface area contributed by atoms with Crippen molar-refractivity contribution in [3.05, 3.63) is 59.7 Å². The zero-order chi connectivity index (χ0) is 18.5. The van der Waals surface area contributed by atoms with Crippen LogP contribution in [0.4, 0.5) is 0 Å². The fourth-order valence-electron chi connectivity index (χ4n) is 4.04. The first-order valence-corrected chi connectivity index (χ1v) is 10.2. The third kappa shape index (κ3) is 4.76. The van der Waals surface area contributed by atoms with Crippen LogP contribution in [0.5, 0.6) is 0 Å². The molecule has 0 unspecified atom stereocenters. The standard InChI is InChI=1S/C23H29N3O/c27-23(25-22-12-13-24-16-22)21-10-8-20(9-11-21)19-6-4-18(5-7-19)17-26-14-2-1-3-15-26/h4-11,22,24H,1-3,12-17H2,(H,25,27)/t22-/m0/s1. The van der Waals surface area contributed by atoms with Crippen LogP contribution in [0.15, 0.2) is 48.5 Å². The monoisotopic (exact) mass is 363 g/mol. The number of carbonyl (C=O) groups is 1. The molecular weight excluding hydrogens is 334 g/mol. The molecule has 1 atom stereocenters. The third-order valence-electron chi connectivity index (χ3n) is 5.68. The Hall–Kier alpha value is -2.17. The van der Waals surface area contributed by atoms with Crippen molar-refractivity contribution in [3.63, 3.8) is 0 Å². The molecule has 0 spiro atoms. The van der Waals surface area contributed by atoms with Crippen LogP contribution in [0.1, 0.15) is 41.6 Å². The predicted octanol–water partition coefficient (Wildman–Crippen LogP) is 3.43. The number of rotatable bonds is 5. The van der Waals surface area contributed by atoms with Gasteiger partial charge in [0.05, 0.1) is 0 Å². The molecule has 2 aromatic carbocycles. The van der Waals surface area contributed by atoms with E-state index in [-0.39, 0.29) is 11.9 Å². The second-order valence-corrected chi connectivity index (χ2v) is 7.77. The number of piperidine rings is 1. The van der Waals surface area contributed by atoms with Crippen LogP contribution in [0.2, 0.25) is 0 Å². The molecule has 1 amide bonds. The van der Waals surface area contributed by atoms with E-state index >= 15 is 0 Å². The zero-order valence-electron chi connectivity index (χ0n) is 15.9. The van der Waals surface area contributed by atoms with Crippen molar-refractivity contribution in [2.45, 2.75) is 38.3 Å². The number of carbonyl (C=O) groups excluding carboxylic acids is 1. The largest absolute Gasteiger partial charge is 0.348 e. The van der Waals surface area contributed by atoms with Crippen molar-refractivity contribution >= 4 is 5.91 Å². The van der Waals surface area contributed by atoms with Gasteiger partial charge in [-0.2, -0.15) is 0 Å². The summed E-state index contributed by atoms with van der Waals surface area (Å²) in [4.78, 5) is 14.9. The van der Waals surface area contributed by atoms with E-state index in [0.29, 0.717) is 0 Å². The first-order chi connectivity index (χ1) is 13.3. The van der Waals surface area contributed by atoms with Gasteiger partial charge in [-0.1, -0.05) is 42.8 Å². The SMILES string of the molecule is O=C(N[C@H]1CCNC1)c1ccc(-c2ccc(CN3CCCCC3)cc2)cc1. The van der Waals surface area contributed by atoms with Crippen LogP contribution in [0, 0.1) is 0 Å². The van der Waals surface area contributed by atoms with Crippen LogP contribution in [0.25, 0.3) is 11.1 Å². The molecule has 2 saturated heterocycles. The molecule has 4 rings (SSSR count). The molecule has 2 fully saturated rings. The number of nitrogens with one attached hydrogen (secondary N) is 2. The van der Waals surface area contributed by atoms with Gasteiger partial charge in [0.25, 0.3) is 5.91 Å². The summed E-state index contributed by atoms with van der Waals surface area (Å²) in [7, 11) is 0. The topological polar surface area (TPSA) is 44.4 Å². The van der Waals surface area contributed by atoms with Gasteiger partial charge in [0, 0.05) is 24.7 Å². The molecule has 27 heavy (non-hydrogen) atoms. The maximum Gasteiger partial charge on any atom is 0.251 e. The van der Waals surface area contributed by atoms with Crippen LogP contribution in [-0.4, -0.2) is 43.0 Å². The lowest BCUT2D eigenvalue weighted by Gasteiger charge is -2.26. The average molecular weight is 364 g/mol. The van der Waals surface area contributed by atoms with E-state index in [4.69, 9.17) is 0 Å². The normalized spacial score (nSPS) is 20.5. The lowest BCUT2D eigenvalue weighted by Crippen LogP contribution is -2.36. The second kappa shape index (κ2) is 8.68. The highest BCUT2D eigenvalue weighted by atomic mass is 16.1. The Balaban J connectivity index is 1.37. The highest BCUT2D eigenvalue weighted by molar-refractivity contribution is 5.94. The molecule has 2 aliphatic rings. The molecule has 0 bridgehead atoms. The number of likely N-dealkylation sites (tertiary alicyclic amines) is 1. The minimum atomic E-state index is 0.0205. The Labute approximate surface area is 162 Å². The van der Waals surface area contributed by atoms with Gasteiger partial charge in [-0.15, -0.1) is 0 Å². The maximum atomic E-state index is 12.3.